The van der Waals surface area contributed by atoms with E-state index in [2.05, 4.69) is 6.58 Å². The highest BCUT2D eigenvalue weighted by molar-refractivity contribution is 6.32. The molecule has 0 spiro atoms. The maximum Gasteiger partial charge on any atom is 0.193 e. The summed E-state index contributed by atoms with van der Waals surface area (Å²) in [5.74, 6) is 0.144. The molecular formula is C15H12Cl2O2. The van der Waals surface area contributed by atoms with E-state index in [4.69, 9.17) is 23.2 Å². The number of alkyl halides is 1. The molecule has 1 N–H and O–H groups in total. The van der Waals surface area contributed by atoms with Gasteiger partial charge in [-0.1, -0.05) is 48.5 Å². The zero-order valence-corrected chi connectivity index (χ0v) is 11.6. The Hall–Kier alpha value is -1.35. The fourth-order valence-corrected chi connectivity index (χ4v) is 2.42. The molecule has 0 bridgehead atoms. The highest BCUT2D eigenvalue weighted by atomic mass is 35.5. The topological polar surface area (TPSA) is 37.3 Å². The molecule has 1 aliphatic carbocycles. The third-order valence-electron chi connectivity index (χ3n) is 2.99. The Morgan fingerprint density at radius 1 is 1.42 bits per heavy atom. The summed E-state index contributed by atoms with van der Waals surface area (Å²) in [6.07, 6.45) is 4.08. The third kappa shape index (κ3) is 2.52. The van der Waals surface area contributed by atoms with Crippen LogP contribution in [0.4, 0.5) is 0 Å². The second kappa shape index (κ2) is 5.74. The number of carbonyl (C=O) groups is 1. The number of rotatable bonds is 2. The summed E-state index contributed by atoms with van der Waals surface area (Å²) < 4.78 is 0. The lowest BCUT2D eigenvalue weighted by Crippen LogP contribution is -2.20. The summed E-state index contributed by atoms with van der Waals surface area (Å²) >= 11 is 11.6. The van der Waals surface area contributed by atoms with E-state index in [9.17, 15) is 9.90 Å². The number of aliphatic hydroxyl groups is 1. The molecule has 4 heteroatoms. The van der Waals surface area contributed by atoms with Crippen LogP contribution in [0.25, 0.3) is 0 Å². The Balaban J connectivity index is 2.56. The van der Waals surface area contributed by atoms with E-state index >= 15 is 0 Å². The van der Waals surface area contributed by atoms with Crippen molar-refractivity contribution in [1.29, 1.82) is 0 Å². The van der Waals surface area contributed by atoms with Crippen molar-refractivity contribution in [3.8, 4) is 0 Å². The Labute approximate surface area is 121 Å². The minimum absolute atomic E-state index is 0.215. The van der Waals surface area contributed by atoms with E-state index in [0.29, 0.717) is 27.6 Å². The number of hydrogen-bond donors (Lipinski definition) is 1. The molecule has 1 atom stereocenters. The molecule has 0 radical (unpaired) electrons. The lowest BCUT2D eigenvalue weighted by Gasteiger charge is -2.25. The number of halogens is 2. The van der Waals surface area contributed by atoms with Crippen molar-refractivity contribution >= 4 is 29.0 Å². The zero-order valence-electron chi connectivity index (χ0n) is 10.1. The summed E-state index contributed by atoms with van der Waals surface area (Å²) in [6, 6.07) is 4.97. The SMILES string of the molecule is C=C1C(=O)c2cccc(Cl)c2C(O)/C1=C/C=C\CCl. The molecule has 1 aromatic rings. The minimum atomic E-state index is -0.950. The van der Waals surface area contributed by atoms with Crippen molar-refractivity contribution < 1.29 is 9.90 Å². The second-order valence-corrected chi connectivity index (χ2v) is 4.83. The highest BCUT2D eigenvalue weighted by Crippen LogP contribution is 2.40. The number of hydrogen-bond acceptors (Lipinski definition) is 2. The maximum absolute atomic E-state index is 12.2. The van der Waals surface area contributed by atoms with Crippen LogP contribution in [0.3, 0.4) is 0 Å². The van der Waals surface area contributed by atoms with Crippen molar-refractivity contribution in [1.82, 2.24) is 0 Å². The average molecular weight is 295 g/mol. The molecule has 19 heavy (non-hydrogen) atoms. The first-order chi connectivity index (χ1) is 9.07. The summed E-state index contributed by atoms with van der Waals surface area (Å²) in [7, 11) is 0. The van der Waals surface area contributed by atoms with Gasteiger partial charge in [0, 0.05) is 27.6 Å². The van der Waals surface area contributed by atoms with Gasteiger partial charge in [0.2, 0.25) is 0 Å². The Bertz CT molecular complexity index is 600. The summed E-state index contributed by atoms with van der Waals surface area (Å²) in [5, 5.41) is 10.7. The first-order valence-corrected chi connectivity index (χ1v) is 6.62. The molecule has 2 nitrogen and oxygen atoms in total. The Morgan fingerprint density at radius 2 is 2.16 bits per heavy atom. The van der Waals surface area contributed by atoms with Crippen LogP contribution in [0.5, 0.6) is 0 Å². The quantitative estimate of drug-likeness (QED) is 0.664. The van der Waals surface area contributed by atoms with Gasteiger partial charge < -0.3 is 5.11 Å². The molecule has 0 saturated carbocycles. The summed E-state index contributed by atoms with van der Waals surface area (Å²) in [5.41, 5.74) is 1.57. The van der Waals surface area contributed by atoms with Crippen molar-refractivity contribution in [2.45, 2.75) is 6.10 Å². The first kappa shape index (κ1) is 14.1. The third-order valence-corrected chi connectivity index (χ3v) is 3.50. The van der Waals surface area contributed by atoms with Gasteiger partial charge in [-0.05, 0) is 11.6 Å². The number of allylic oxidation sites excluding steroid dienone is 3. The van der Waals surface area contributed by atoms with Crippen LogP contribution in [-0.4, -0.2) is 16.8 Å². The van der Waals surface area contributed by atoms with E-state index in [1.807, 2.05) is 0 Å². The van der Waals surface area contributed by atoms with Crippen molar-refractivity contribution in [3.05, 3.63) is 70.3 Å². The average Bonchev–Trinajstić information content (AvgIpc) is 2.40. The van der Waals surface area contributed by atoms with Crippen molar-refractivity contribution in [3.63, 3.8) is 0 Å². The van der Waals surface area contributed by atoms with E-state index < -0.39 is 6.10 Å². The van der Waals surface area contributed by atoms with E-state index in [1.165, 1.54) is 0 Å². The molecule has 0 aliphatic heterocycles. The predicted octanol–water partition coefficient (Wildman–Crippen LogP) is 3.85. The minimum Gasteiger partial charge on any atom is -0.384 e. The molecule has 0 fully saturated rings. The standard InChI is InChI=1S/C15H12Cl2O2/c1-9-10(5-2-3-8-16)15(19)13-11(14(9)18)6-4-7-12(13)17/h2-7,15,19H,1,8H2/b3-2-,10-5+. The number of carbonyl (C=O) groups excluding carboxylic acids is 1. The molecule has 1 aliphatic rings. The van der Waals surface area contributed by atoms with Crippen molar-refractivity contribution in [2.24, 2.45) is 0 Å². The lowest BCUT2D eigenvalue weighted by molar-refractivity contribution is 0.101. The number of aliphatic hydroxyl groups excluding tert-OH is 1. The van der Waals surface area contributed by atoms with E-state index in [-0.39, 0.29) is 11.4 Å². The molecule has 0 heterocycles. The van der Waals surface area contributed by atoms with Gasteiger partial charge in [0.15, 0.2) is 5.78 Å². The predicted molar refractivity (Wildman–Crippen MR) is 77.8 cm³/mol. The molecule has 1 aromatic carbocycles. The number of ketones is 1. The van der Waals surface area contributed by atoms with Gasteiger partial charge in [-0.25, -0.2) is 0 Å². The Kier molecular flexibility index (Phi) is 4.25. The number of fused-ring (bicyclic) bond motifs is 1. The molecule has 1 unspecified atom stereocenters. The van der Waals surface area contributed by atoms with Crippen LogP contribution in [-0.2, 0) is 0 Å². The van der Waals surface area contributed by atoms with Crippen LogP contribution < -0.4 is 0 Å². The van der Waals surface area contributed by atoms with Crippen LogP contribution in [0.2, 0.25) is 5.02 Å². The zero-order chi connectivity index (χ0) is 14.0. The number of benzene rings is 1. The first-order valence-electron chi connectivity index (χ1n) is 5.71. The molecule has 0 aromatic heterocycles. The van der Waals surface area contributed by atoms with Gasteiger partial charge in [0.05, 0.1) is 0 Å². The number of Topliss-reactive ketones (excluding diaryl/α,β-unsaturated/α-hetero) is 1. The van der Waals surface area contributed by atoms with Gasteiger partial charge in [-0.15, -0.1) is 11.6 Å². The molecule has 2 rings (SSSR count). The van der Waals surface area contributed by atoms with Crippen LogP contribution in [0.1, 0.15) is 22.0 Å². The van der Waals surface area contributed by atoms with Gasteiger partial charge in [-0.2, -0.15) is 0 Å². The fraction of sp³-hybridized carbons (Fsp3) is 0.133. The van der Waals surface area contributed by atoms with Gasteiger partial charge in [0.1, 0.15) is 6.10 Å². The van der Waals surface area contributed by atoms with Gasteiger partial charge in [0.25, 0.3) is 0 Å². The lowest BCUT2D eigenvalue weighted by atomic mass is 9.81. The molecule has 0 amide bonds. The maximum atomic E-state index is 12.2. The highest BCUT2D eigenvalue weighted by Gasteiger charge is 2.32. The second-order valence-electron chi connectivity index (χ2n) is 4.12. The summed E-state index contributed by atoms with van der Waals surface area (Å²) in [4.78, 5) is 12.2. The normalized spacial score (nSPS) is 21.2. The molecule has 0 saturated heterocycles. The van der Waals surface area contributed by atoms with Crippen LogP contribution in [0.15, 0.2) is 54.2 Å². The van der Waals surface area contributed by atoms with E-state index in [0.717, 1.165) is 0 Å². The van der Waals surface area contributed by atoms with Crippen LogP contribution in [0, 0.1) is 0 Å². The molecular weight excluding hydrogens is 283 g/mol. The van der Waals surface area contributed by atoms with Gasteiger partial charge in [-0.3, -0.25) is 4.79 Å². The Morgan fingerprint density at radius 3 is 2.84 bits per heavy atom. The van der Waals surface area contributed by atoms with Gasteiger partial charge >= 0.3 is 0 Å². The summed E-state index contributed by atoms with van der Waals surface area (Å²) in [6.45, 7) is 3.75. The smallest absolute Gasteiger partial charge is 0.193 e. The molecule has 98 valence electrons. The van der Waals surface area contributed by atoms with Crippen molar-refractivity contribution in [2.75, 3.05) is 5.88 Å². The van der Waals surface area contributed by atoms with E-state index in [1.54, 1.807) is 36.4 Å². The van der Waals surface area contributed by atoms with Crippen LogP contribution >= 0.6 is 23.2 Å². The fourth-order valence-electron chi connectivity index (χ4n) is 2.04. The monoisotopic (exact) mass is 294 g/mol. The largest absolute Gasteiger partial charge is 0.384 e.